The van der Waals surface area contributed by atoms with E-state index in [2.05, 4.69) is 35.6 Å². The van der Waals surface area contributed by atoms with Gasteiger partial charge in [0.2, 0.25) is 5.91 Å². The quantitative estimate of drug-likeness (QED) is 0.871. The van der Waals surface area contributed by atoms with Gasteiger partial charge >= 0.3 is 0 Å². The third-order valence-electron chi connectivity index (χ3n) is 3.53. The van der Waals surface area contributed by atoms with Gasteiger partial charge in [-0.3, -0.25) is 4.79 Å². The minimum Gasteiger partial charge on any atom is -0.385 e. The summed E-state index contributed by atoms with van der Waals surface area (Å²) in [7, 11) is 0. The van der Waals surface area contributed by atoms with E-state index >= 15 is 0 Å². The lowest BCUT2D eigenvalue weighted by molar-refractivity contribution is -0.130. The lowest BCUT2D eigenvalue weighted by Crippen LogP contribution is -2.31. The van der Waals surface area contributed by atoms with Crippen molar-refractivity contribution in [1.82, 2.24) is 4.90 Å². The van der Waals surface area contributed by atoms with Crippen LogP contribution in [0.4, 0.5) is 5.69 Å². The van der Waals surface area contributed by atoms with Crippen LogP contribution < -0.4 is 5.32 Å². The number of nitrogens with one attached hydrogen (secondary N) is 1. The van der Waals surface area contributed by atoms with Crippen molar-refractivity contribution in [3.63, 3.8) is 0 Å². The molecule has 106 valence electrons. The summed E-state index contributed by atoms with van der Waals surface area (Å²) in [6, 6.07) is 14.6. The van der Waals surface area contributed by atoms with Gasteiger partial charge in [-0.05, 0) is 36.8 Å². The highest BCUT2D eigenvalue weighted by Gasteiger charge is 2.08. The van der Waals surface area contributed by atoms with Crippen molar-refractivity contribution in [2.24, 2.45) is 0 Å². The van der Waals surface area contributed by atoms with E-state index in [1.807, 2.05) is 30.9 Å². The number of hydrogen-bond donors (Lipinski definition) is 1. The molecule has 2 rings (SSSR count). The Kier molecular flexibility index (Phi) is 4.99. The molecule has 0 aliphatic heterocycles. The first-order valence-corrected chi connectivity index (χ1v) is 7.25. The average Bonchev–Trinajstić information content (AvgIpc) is 2.48. The monoisotopic (exact) mass is 270 g/mol. The highest BCUT2D eigenvalue weighted by molar-refractivity contribution is 5.85. The molecule has 2 aromatic carbocycles. The molecule has 0 radical (unpaired) electrons. The number of anilines is 1. The zero-order valence-corrected chi connectivity index (χ0v) is 12.2. The number of amides is 1. The van der Waals surface area contributed by atoms with Crippen LogP contribution in [0.15, 0.2) is 42.5 Å². The first kappa shape index (κ1) is 14.4. The molecule has 0 spiro atoms. The van der Waals surface area contributed by atoms with Gasteiger partial charge in [0.1, 0.15) is 0 Å². The maximum atomic E-state index is 11.9. The predicted molar refractivity (Wildman–Crippen MR) is 85.0 cm³/mol. The average molecular weight is 270 g/mol. The molecule has 0 aromatic heterocycles. The molecule has 0 saturated heterocycles. The Bertz CT molecular complexity index is 576. The van der Waals surface area contributed by atoms with Crippen molar-refractivity contribution in [2.45, 2.75) is 20.3 Å². The largest absolute Gasteiger partial charge is 0.385 e. The summed E-state index contributed by atoms with van der Waals surface area (Å²) in [4.78, 5) is 13.8. The van der Waals surface area contributed by atoms with E-state index in [1.165, 1.54) is 10.8 Å². The summed E-state index contributed by atoms with van der Waals surface area (Å²) >= 11 is 0. The van der Waals surface area contributed by atoms with Crippen LogP contribution in [0.5, 0.6) is 0 Å². The second-order valence-electron chi connectivity index (χ2n) is 4.80. The number of hydrogen-bond acceptors (Lipinski definition) is 2. The molecule has 0 heterocycles. The smallest absolute Gasteiger partial charge is 0.224 e. The standard InChI is InChI=1S/C17H22N2O/c1-3-19(4-2)17(20)11-12-18-16-10-9-14-7-5-6-8-15(14)13-16/h5-10,13,18H,3-4,11-12H2,1-2H3. The van der Waals surface area contributed by atoms with E-state index < -0.39 is 0 Å². The Morgan fingerprint density at radius 2 is 1.75 bits per heavy atom. The maximum Gasteiger partial charge on any atom is 0.224 e. The van der Waals surface area contributed by atoms with Crippen LogP contribution in [-0.4, -0.2) is 30.4 Å². The number of nitrogens with zero attached hydrogens (tertiary/aromatic N) is 1. The van der Waals surface area contributed by atoms with Crippen molar-refractivity contribution >= 4 is 22.4 Å². The maximum absolute atomic E-state index is 11.9. The Morgan fingerprint density at radius 1 is 1.05 bits per heavy atom. The molecule has 1 amide bonds. The summed E-state index contributed by atoms with van der Waals surface area (Å²) < 4.78 is 0. The molecule has 0 aliphatic carbocycles. The normalized spacial score (nSPS) is 10.5. The molecule has 0 unspecified atom stereocenters. The van der Waals surface area contributed by atoms with Crippen LogP contribution in [0.3, 0.4) is 0 Å². The molecular weight excluding hydrogens is 248 g/mol. The zero-order valence-electron chi connectivity index (χ0n) is 12.2. The topological polar surface area (TPSA) is 32.3 Å². The fourth-order valence-electron chi connectivity index (χ4n) is 2.35. The van der Waals surface area contributed by atoms with E-state index in [4.69, 9.17) is 0 Å². The van der Waals surface area contributed by atoms with Gasteiger partial charge in [0.25, 0.3) is 0 Å². The van der Waals surface area contributed by atoms with Gasteiger partial charge < -0.3 is 10.2 Å². The number of rotatable bonds is 6. The van der Waals surface area contributed by atoms with Crippen LogP contribution in [-0.2, 0) is 4.79 Å². The summed E-state index contributed by atoms with van der Waals surface area (Å²) in [5, 5.41) is 5.77. The Morgan fingerprint density at radius 3 is 2.45 bits per heavy atom. The lowest BCUT2D eigenvalue weighted by Gasteiger charge is -2.18. The molecule has 3 nitrogen and oxygen atoms in total. The van der Waals surface area contributed by atoms with Gasteiger partial charge in [-0.2, -0.15) is 0 Å². The van der Waals surface area contributed by atoms with Crippen molar-refractivity contribution in [3.8, 4) is 0 Å². The predicted octanol–water partition coefficient (Wildman–Crippen LogP) is 3.51. The fourth-order valence-corrected chi connectivity index (χ4v) is 2.35. The third kappa shape index (κ3) is 3.50. The van der Waals surface area contributed by atoms with Gasteiger partial charge in [-0.15, -0.1) is 0 Å². The van der Waals surface area contributed by atoms with Gasteiger partial charge in [0, 0.05) is 31.7 Å². The van der Waals surface area contributed by atoms with E-state index in [9.17, 15) is 4.79 Å². The number of carbonyl (C=O) groups is 1. The fraction of sp³-hybridized carbons (Fsp3) is 0.353. The SMILES string of the molecule is CCN(CC)C(=O)CCNc1ccc2ccccc2c1. The molecule has 0 atom stereocenters. The Labute approximate surface area is 120 Å². The zero-order chi connectivity index (χ0) is 14.4. The van der Waals surface area contributed by atoms with Gasteiger partial charge in [-0.25, -0.2) is 0 Å². The second kappa shape index (κ2) is 6.94. The molecule has 0 aliphatic rings. The Balaban J connectivity index is 1.91. The molecular formula is C17H22N2O. The Hall–Kier alpha value is -2.03. The summed E-state index contributed by atoms with van der Waals surface area (Å²) in [5.41, 5.74) is 1.07. The number of fused-ring (bicyclic) bond motifs is 1. The van der Waals surface area contributed by atoms with Gasteiger partial charge in [-0.1, -0.05) is 30.3 Å². The lowest BCUT2D eigenvalue weighted by atomic mass is 10.1. The number of benzene rings is 2. The van der Waals surface area contributed by atoms with Crippen LogP contribution in [0.25, 0.3) is 10.8 Å². The molecule has 0 fully saturated rings. The highest BCUT2D eigenvalue weighted by atomic mass is 16.2. The molecule has 2 aromatic rings. The van der Waals surface area contributed by atoms with E-state index in [1.54, 1.807) is 0 Å². The summed E-state index contributed by atoms with van der Waals surface area (Å²) in [6.07, 6.45) is 0.536. The third-order valence-corrected chi connectivity index (χ3v) is 3.53. The first-order chi connectivity index (χ1) is 9.74. The van der Waals surface area contributed by atoms with Crippen molar-refractivity contribution in [1.29, 1.82) is 0 Å². The molecule has 1 N–H and O–H groups in total. The molecule has 0 saturated carbocycles. The van der Waals surface area contributed by atoms with Crippen LogP contribution in [0.2, 0.25) is 0 Å². The molecule has 3 heteroatoms. The van der Waals surface area contributed by atoms with Crippen molar-refractivity contribution in [3.05, 3.63) is 42.5 Å². The van der Waals surface area contributed by atoms with Gasteiger partial charge in [0.15, 0.2) is 0 Å². The van der Waals surface area contributed by atoms with Crippen molar-refractivity contribution < 1.29 is 4.79 Å². The van der Waals surface area contributed by atoms with Crippen LogP contribution in [0.1, 0.15) is 20.3 Å². The van der Waals surface area contributed by atoms with Crippen LogP contribution >= 0.6 is 0 Å². The van der Waals surface area contributed by atoms with Crippen LogP contribution in [0, 0.1) is 0 Å². The summed E-state index contributed by atoms with van der Waals surface area (Å²) in [6.45, 7) is 6.26. The highest BCUT2D eigenvalue weighted by Crippen LogP contribution is 2.18. The first-order valence-electron chi connectivity index (χ1n) is 7.25. The second-order valence-corrected chi connectivity index (χ2v) is 4.80. The minimum absolute atomic E-state index is 0.211. The summed E-state index contributed by atoms with van der Waals surface area (Å²) in [5.74, 6) is 0.211. The molecule has 20 heavy (non-hydrogen) atoms. The number of carbonyl (C=O) groups excluding carboxylic acids is 1. The van der Waals surface area contributed by atoms with Crippen molar-refractivity contribution in [2.75, 3.05) is 25.0 Å². The van der Waals surface area contributed by atoms with E-state index in [0.717, 1.165) is 18.8 Å². The molecule has 0 bridgehead atoms. The van der Waals surface area contributed by atoms with E-state index in [0.29, 0.717) is 13.0 Å². The van der Waals surface area contributed by atoms with E-state index in [-0.39, 0.29) is 5.91 Å². The van der Waals surface area contributed by atoms with Gasteiger partial charge in [0.05, 0.1) is 0 Å². The minimum atomic E-state index is 0.211.